The molecule has 1 fully saturated rings. The van der Waals surface area contributed by atoms with Gasteiger partial charge in [-0.15, -0.1) is 0 Å². The van der Waals surface area contributed by atoms with Crippen molar-refractivity contribution < 1.29 is 9.32 Å². The maximum atomic E-state index is 13.7. The van der Waals surface area contributed by atoms with Gasteiger partial charge in [0.05, 0.1) is 17.1 Å². The van der Waals surface area contributed by atoms with Gasteiger partial charge in [0.2, 0.25) is 0 Å². The van der Waals surface area contributed by atoms with Gasteiger partial charge in [-0.05, 0) is 49.9 Å². The Labute approximate surface area is 189 Å². The first kappa shape index (κ1) is 20.8. The number of hydrogen-bond acceptors (Lipinski definition) is 5. The fourth-order valence-electron chi connectivity index (χ4n) is 5.38. The van der Waals surface area contributed by atoms with E-state index < -0.39 is 0 Å². The van der Waals surface area contributed by atoms with Crippen molar-refractivity contribution in [2.75, 3.05) is 24.5 Å². The Balaban J connectivity index is 1.56. The Morgan fingerprint density at radius 3 is 2.91 bits per heavy atom. The second-order valence-electron chi connectivity index (χ2n) is 9.44. The summed E-state index contributed by atoms with van der Waals surface area (Å²) in [6.45, 7) is 10.7. The number of rotatable bonds is 5. The van der Waals surface area contributed by atoms with Gasteiger partial charge in [0, 0.05) is 38.4 Å². The van der Waals surface area contributed by atoms with Crippen molar-refractivity contribution in [3.8, 4) is 5.82 Å². The van der Waals surface area contributed by atoms with E-state index in [2.05, 4.69) is 59.8 Å². The third-order valence-electron chi connectivity index (χ3n) is 6.73. The normalized spacial score (nSPS) is 19.7. The highest BCUT2D eigenvalue weighted by molar-refractivity contribution is 5.96. The number of likely N-dealkylation sites (tertiary alicyclic amines) is 1. The summed E-state index contributed by atoms with van der Waals surface area (Å²) in [5, 5.41) is 4.10. The van der Waals surface area contributed by atoms with Gasteiger partial charge in [0.1, 0.15) is 16.9 Å². The van der Waals surface area contributed by atoms with Gasteiger partial charge < -0.3 is 18.9 Å². The molecule has 0 saturated carbocycles. The maximum Gasteiger partial charge on any atom is 0.259 e. The van der Waals surface area contributed by atoms with E-state index in [9.17, 15) is 4.79 Å². The highest BCUT2D eigenvalue weighted by atomic mass is 16.5. The fourth-order valence-corrected chi connectivity index (χ4v) is 5.38. The van der Waals surface area contributed by atoms with Crippen LogP contribution in [0.5, 0.6) is 0 Å². The number of amides is 1. The lowest BCUT2D eigenvalue weighted by atomic mass is 9.88. The third kappa shape index (κ3) is 3.05. The summed E-state index contributed by atoms with van der Waals surface area (Å²) in [5.74, 6) is 2.17. The van der Waals surface area contributed by atoms with Crippen LogP contribution in [0, 0.1) is 12.8 Å². The number of aryl methyl sites for hydroxylation is 2. The molecular formula is C25H31N5O2. The SMILES string of the molecule is CCCc1onc(C)c1C(=O)N1CCC2(C1)c1cccn1-c1ncccc1N2CC(C)C. The average molecular weight is 434 g/mol. The number of fused-ring (bicyclic) bond motifs is 4. The minimum atomic E-state index is -0.282. The molecule has 168 valence electrons. The Morgan fingerprint density at radius 2 is 2.12 bits per heavy atom. The third-order valence-corrected chi connectivity index (χ3v) is 6.73. The molecule has 3 aromatic rings. The maximum absolute atomic E-state index is 13.7. The van der Waals surface area contributed by atoms with Crippen molar-refractivity contribution in [2.24, 2.45) is 5.92 Å². The van der Waals surface area contributed by atoms with Crippen LogP contribution < -0.4 is 4.90 Å². The van der Waals surface area contributed by atoms with Crippen molar-refractivity contribution in [2.45, 2.75) is 52.5 Å². The molecule has 0 N–H and O–H groups in total. The van der Waals surface area contributed by atoms with Crippen molar-refractivity contribution >= 4 is 11.6 Å². The van der Waals surface area contributed by atoms with Gasteiger partial charge in [0.25, 0.3) is 5.91 Å². The van der Waals surface area contributed by atoms with E-state index in [4.69, 9.17) is 9.51 Å². The van der Waals surface area contributed by atoms with Crippen LogP contribution in [0.15, 0.2) is 41.2 Å². The molecule has 32 heavy (non-hydrogen) atoms. The van der Waals surface area contributed by atoms with E-state index in [1.54, 1.807) is 0 Å². The number of nitrogens with zero attached hydrogens (tertiary/aromatic N) is 5. The summed E-state index contributed by atoms with van der Waals surface area (Å²) in [7, 11) is 0. The molecule has 2 aliphatic rings. The summed E-state index contributed by atoms with van der Waals surface area (Å²) < 4.78 is 7.70. The number of aromatic nitrogens is 3. The molecule has 5 heterocycles. The zero-order valence-corrected chi connectivity index (χ0v) is 19.3. The zero-order valence-electron chi connectivity index (χ0n) is 19.3. The zero-order chi connectivity index (χ0) is 22.5. The molecule has 0 aliphatic carbocycles. The first-order valence-electron chi connectivity index (χ1n) is 11.6. The van der Waals surface area contributed by atoms with Crippen LogP contribution in [0.25, 0.3) is 5.82 Å². The minimum absolute atomic E-state index is 0.0312. The average Bonchev–Trinajstić information content (AvgIpc) is 3.51. The van der Waals surface area contributed by atoms with E-state index in [0.717, 1.165) is 37.3 Å². The fraction of sp³-hybridized carbons (Fsp3) is 0.480. The van der Waals surface area contributed by atoms with Crippen LogP contribution in [-0.4, -0.2) is 45.1 Å². The molecule has 7 nitrogen and oxygen atoms in total. The van der Waals surface area contributed by atoms with Gasteiger partial charge in [-0.3, -0.25) is 4.79 Å². The number of anilines is 1. The summed E-state index contributed by atoms with van der Waals surface area (Å²) in [4.78, 5) is 22.9. The first-order chi connectivity index (χ1) is 15.5. The van der Waals surface area contributed by atoms with Gasteiger partial charge in [-0.2, -0.15) is 0 Å². The van der Waals surface area contributed by atoms with Gasteiger partial charge in [-0.25, -0.2) is 4.98 Å². The minimum Gasteiger partial charge on any atom is -0.360 e. The van der Waals surface area contributed by atoms with Crippen molar-refractivity contribution in [1.82, 2.24) is 19.6 Å². The molecule has 0 radical (unpaired) electrons. The van der Waals surface area contributed by atoms with Crippen molar-refractivity contribution in [3.05, 3.63) is 59.4 Å². The van der Waals surface area contributed by atoms with Crippen molar-refractivity contribution in [1.29, 1.82) is 0 Å². The second kappa shape index (κ2) is 7.80. The topological polar surface area (TPSA) is 67.4 Å². The van der Waals surface area contributed by atoms with E-state index in [-0.39, 0.29) is 11.4 Å². The number of pyridine rings is 1. The molecule has 1 unspecified atom stereocenters. The highest BCUT2D eigenvalue weighted by Crippen LogP contribution is 2.47. The molecule has 7 heteroatoms. The lowest BCUT2D eigenvalue weighted by Gasteiger charge is -2.47. The molecular weight excluding hydrogens is 402 g/mol. The van der Waals surface area contributed by atoms with Crippen LogP contribution in [0.3, 0.4) is 0 Å². The Kier molecular flexibility index (Phi) is 5.07. The summed E-state index contributed by atoms with van der Waals surface area (Å²) in [5.41, 5.74) is 3.38. The number of carbonyl (C=O) groups excluding carboxylic acids is 1. The predicted octanol–water partition coefficient (Wildman–Crippen LogP) is 4.34. The lowest BCUT2D eigenvalue weighted by Crippen LogP contribution is -2.54. The second-order valence-corrected chi connectivity index (χ2v) is 9.44. The molecule has 5 rings (SSSR count). The van der Waals surface area contributed by atoms with Crippen molar-refractivity contribution in [3.63, 3.8) is 0 Å². The Morgan fingerprint density at radius 1 is 1.28 bits per heavy atom. The standard InChI is InChI=1S/C25H31N5O2/c1-5-8-20-22(18(4)27-32-20)24(31)28-14-11-25(16-28)21-10-7-13-29(21)23-19(9-6-12-26-23)30(25)15-17(2)3/h6-7,9-10,12-13,17H,5,8,11,14-16H2,1-4H3. The van der Waals surface area contributed by atoms with Crippen LogP contribution in [0.4, 0.5) is 5.69 Å². The van der Waals surface area contributed by atoms with E-state index in [1.807, 2.05) is 24.1 Å². The quantitative estimate of drug-likeness (QED) is 0.599. The monoisotopic (exact) mass is 433 g/mol. The molecule has 3 aromatic heterocycles. The highest BCUT2D eigenvalue weighted by Gasteiger charge is 2.51. The molecule has 1 atom stereocenters. The van der Waals surface area contributed by atoms with Gasteiger partial charge in [-0.1, -0.05) is 25.9 Å². The largest absolute Gasteiger partial charge is 0.360 e. The van der Waals surface area contributed by atoms with Crippen LogP contribution in [0.2, 0.25) is 0 Å². The molecule has 1 amide bonds. The lowest BCUT2D eigenvalue weighted by molar-refractivity contribution is 0.0779. The molecule has 1 spiro atoms. The summed E-state index contributed by atoms with van der Waals surface area (Å²) in [6.07, 6.45) is 6.45. The Hall–Kier alpha value is -3.09. The van der Waals surface area contributed by atoms with Gasteiger partial charge in [0.15, 0.2) is 5.82 Å². The van der Waals surface area contributed by atoms with E-state index in [1.165, 1.54) is 5.69 Å². The molecule has 2 aliphatic heterocycles. The smallest absolute Gasteiger partial charge is 0.259 e. The Bertz CT molecular complexity index is 1150. The first-order valence-corrected chi connectivity index (χ1v) is 11.6. The molecule has 0 aromatic carbocycles. The van der Waals surface area contributed by atoms with Crippen LogP contribution in [0.1, 0.15) is 61.1 Å². The van der Waals surface area contributed by atoms with Crippen LogP contribution in [-0.2, 0) is 12.0 Å². The summed E-state index contributed by atoms with van der Waals surface area (Å²) >= 11 is 0. The summed E-state index contributed by atoms with van der Waals surface area (Å²) in [6, 6.07) is 8.43. The molecule has 1 saturated heterocycles. The van der Waals surface area contributed by atoms with Crippen LogP contribution >= 0.6 is 0 Å². The molecule has 0 bridgehead atoms. The number of carbonyl (C=O) groups is 1. The van der Waals surface area contributed by atoms with Gasteiger partial charge >= 0.3 is 0 Å². The van der Waals surface area contributed by atoms with E-state index in [0.29, 0.717) is 36.0 Å². The van der Waals surface area contributed by atoms with E-state index >= 15 is 0 Å². The number of hydrogen-bond donors (Lipinski definition) is 0. The predicted molar refractivity (Wildman–Crippen MR) is 123 cm³/mol.